The molecule has 0 aliphatic carbocycles. The molecule has 1 aliphatic rings. The van der Waals surface area contributed by atoms with Crippen LogP contribution >= 0.6 is 0 Å². The fourth-order valence-corrected chi connectivity index (χ4v) is 5.97. The van der Waals surface area contributed by atoms with Crippen LogP contribution in [0.2, 0.25) is 0 Å². The van der Waals surface area contributed by atoms with E-state index in [-0.39, 0.29) is 11.7 Å². The SMILES string of the molecule is CC(C)CS(=O)(=O)n1cc(-c2cccc3nc(Cc4ccc(OCCN5CCCC5)cc4)nn23)cn1. The lowest BCUT2D eigenvalue weighted by Crippen LogP contribution is -2.25. The highest BCUT2D eigenvalue weighted by molar-refractivity contribution is 7.89. The zero-order chi connectivity index (χ0) is 25.1. The second kappa shape index (κ2) is 10.4. The van der Waals surface area contributed by atoms with Crippen LogP contribution in [-0.4, -0.2) is 69.1 Å². The molecule has 0 atom stereocenters. The van der Waals surface area contributed by atoms with Crippen LogP contribution in [0.1, 0.15) is 38.1 Å². The number of aromatic nitrogens is 5. The standard InChI is InChI=1S/C26H32N6O3S/c1-20(2)19-36(33,34)31-18-22(17-27-31)24-6-5-7-26-28-25(29-32(24)26)16-21-8-10-23(11-9-21)35-15-14-30-12-3-4-13-30/h5-11,17-18,20H,3-4,12-16,19H2,1-2H3. The van der Waals surface area contributed by atoms with E-state index in [1.165, 1.54) is 32.1 Å². The Morgan fingerprint density at radius 1 is 1.06 bits per heavy atom. The summed E-state index contributed by atoms with van der Waals surface area (Å²) < 4.78 is 33.8. The maximum absolute atomic E-state index is 12.6. The van der Waals surface area contributed by atoms with Gasteiger partial charge in [0.15, 0.2) is 11.5 Å². The number of ether oxygens (including phenoxy) is 1. The molecule has 1 fully saturated rings. The van der Waals surface area contributed by atoms with Gasteiger partial charge in [0, 0.05) is 18.5 Å². The molecule has 1 saturated heterocycles. The van der Waals surface area contributed by atoms with Crippen LogP contribution in [0, 0.1) is 5.92 Å². The number of rotatable bonds is 10. The zero-order valence-electron chi connectivity index (χ0n) is 20.7. The molecule has 0 bridgehead atoms. The first-order valence-corrected chi connectivity index (χ1v) is 14.1. The van der Waals surface area contributed by atoms with Gasteiger partial charge in [0.05, 0.1) is 23.8 Å². The molecule has 9 nitrogen and oxygen atoms in total. The Morgan fingerprint density at radius 2 is 1.83 bits per heavy atom. The van der Waals surface area contributed by atoms with Gasteiger partial charge in [-0.2, -0.15) is 14.3 Å². The van der Waals surface area contributed by atoms with Crippen molar-refractivity contribution in [2.75, 3.05) is 32.0 Å². The third kappa shape index (κ3) is 5.60. The predicted octanol–water partition coefficient (Wildman–Crippen LogP) is 3.49. The quantitative estimate of drug-likeness (QED) is 0.324. The smallest absolute Gasteiger partial charge is 0.254 e. The minimum Gasteiger partial charge on any atom is -0.492 e. The molecule has 36 heavy (non-hydrogen) atoms. The van der Waals surface area contributed by atoms with Gasteiger partial charge in [-0.1, -0.05) is 32.0 Å². The van der Waals surface area contributed by atoms with Gasteiger partial charge in [-0.05, 0) is 61.7 Å². The molecule has 10 heteroatoms. The maximum atomic E-state index is 12.6. The summed E-state index contributed by atoms with van der Waals surface area (Å²) in [4.78, 5) is 7.11. The second-order valence-corrected chi connectivity index (χ2v) is 11.6. The van der Waals surface area contributed by atoms with Crippen LogP contribution in [0.4, 0.5) is 0 Å². The number of pyridine rings is 1. The Labute approximate surface area is 211 Å². The molecule has 5 rings (SSSR count). The maximum Gasteiger partial charge on any atom is 0.254 e. The molecule has 0 spiro atoms. The predicted molar refractivity (Wildman–Crippen MR) is 139 cm³/mol. The lowest BCUT2D eigenvalue weighted by Gasteiger charge is -2.14. The van der Waals surface area contributed by atoms with Gasteiger partial charge >= 0.3 is 0 Å². The number of hydrogen-bond acceptors (Lipinski definition) is 7. The van der Waals surface area contributed by atoms with E-state index >= 15 is 0 Å². The van der Waals surface area contributed by atoms with Crippen molar-refractivity contribution < 1.29 is 13.2 Å². The van der Waals surface area contributed by atoms with Crippen molar-refractivity contribution in [2.24, 2.45) is 5.92 Å². The van der Waals surface area contributed by atoms with Gasteiger partial charge in [-0.15, -0.1) is 0 Å². The van der Waals surface area contributed by atoms with Crippen molar-refractivity contribution in [3.8, 4) is 17.0 Å². The summed E-state index contributed by atoms with van der Waals surface area (Å²) in [6.07, 6.45) is 6.25. The van der Waals surface area contributed by atoms with Gasteiger partial charge in [0.2, 0.25) is 0 Å². The highest BCUT2D eigenvalue weighted by Gasteiger charge is 2.19. The number of likely N-dealkylation sites (tertiary alicyclic amines) is 1. The molecular formula is C26H32N6O3S. The molecule has 1 aromatic carbocycles. The molecule has 3 aromatic heterocycles. The number of nitrogens with zero attached hydrogens (tertiary/aromatic N) is 6. The summed E-state index contributed by atoms with van der Waals surface area (Å²) >= 11 is 0. The normalized spacial score (nSPS) is 14.8. The van der Waals surface area contributed by atoms with E-state index in [9.17, 15) is 8.42 Å². The first-order valence-electron chi connectivity index (χ1n) is 12.4. The van der Waals surface area contributed by atoms with E-state index in [0.717, 1.165) is 27.6 Å². The molecule has 0 radical (unpaired) electrons. The van der Waals surface area contributed by atoms with E-state index in [1.807, 2.05) is 56.3 Å². The third-order valence-corrected chi connectivity index (χ3v) is 8.11. The van der Waals surface area contributed by atoms with Crippen LogP contribution in [0.15, 0.2) is 54.9 Å². The van der Waals surface area contributed by atoms with Crippen LogP contribution in [0.25, 0.3) is 16.9 Å². The number of benzene rings is 1. The van der Waals surface area contributed by atoms with Crippen LogP contribution in [-0.2, 0) is 16.4 Å². The van der Waals surface area contributed by atoms with Crippen LogP contribution in [0.5, 0.6) is 5.75 Å². The van der Waals surface area contributed by atoms with E-state index in [4.69, 9.17) is 9.84 Å². The Hall–Kier alpha value is -3.24. The van der Waals surface area contributed by atoms with Crippen molar-refractivity contribution in [1.82, 2.24) is 28.7 Å². The van der Waals surface area contributed by atoms with Gasteiger partial charge in [-0.3, -0.25) is 4.90 Å². The number of hydrogen-bond donors (Lipinski definition) is 0. The van der Waals surface area contributed by atoms with E-state index < -0.39 is 10.0 Å². The lowest BCUT2D eigenvalue weighted by atomic mass is 10.1. The second-order valence-electron chi connectivity index (χ2n) is 9.70. The van der Waals surface area contributed by atoms with Crippen molar-refractivity contribution in [1.29, 1.82) is 0 Å². The summed E-state index contributed by atoms with van der Waals surface area (Å²) in [6.45, 7) is 7.76. The summed E-state index contributed by atoms with van der Waals surface area (Å²) in [5.41, 5.74) is 3.19. The first kappa shape index (κ1) is 24.5. The molecule has 0 N–H and O–H groups in total. The monoisotopic (exact) mass is 508 g/mol. The van der Waals surface area contributed by atoms with Crippen LogP contribution in [0.3, 0.4) is 0 Å². The molecule has 4 aromatic rings. The largest absolute Gasteiger partial charge is 0.492 e. The Kier molecular flexibility index (Phi) is 7.06. The molecule has 1 aliphatic heterocycles. The topological polar surface area (TPSA) is 94.6 Å². The van der Waals surface area contributed by atoms with Gasteiger partial charge < -0.3 is 4.74 Å². The highest BCUT2D eigenvalue weighted by Crippen LogP contribution is 2.22. The summed E-state index contributed by atoms with van der Waals surface area (Å²) in [5.74, 6) is 1.60. The first-order chi connectivity index (χ1) is 17.4. The molecule has 0 unspecified atom stereocenters. The summed E-state index contributed by atoms with van der Waals surface area (Å²) in [5, 5.41) is 8.81. The van der Waals surface area contributed by atoms with Gasteiger partial charge in [0.25, 0.3) is 10.0 Å². The zero-order valence-corrected chi connectivity index (χ0v) is 21.6. The average Bonchev–Trinajstić information content (AvgIpc) is 3.60. The van der Waals surface area contributed by atoms with Crippen molar-refractivity contribution >= 4 is 15.7 Å². The van der Waals surface area contributed by atoms with Crippen molar-refractivity contribution in [3.05, 3.63) is 66.2 Å². The van der Waals surface area contributed by atoms with Crippen molar-refractivity contribution in [2.45, 2.75) is 33.1 Å². The fourth-order valence-electron chi connectivity index (χ4n) is 4.51. The van der Waals surface area contributed by atoms with Gasteiger partial charge in [0.1, 0.15) is 12.4 Å². The number of fused-ring (bicyclic) bond motifs is 1. The summed E-state index contributed by atoms with van der Waals surface area (Å²) in [6, 6.07) is 13.7. The Bertz CT molecular complexity index is 1420. The van der Waals surface area contributed by atoms with Gasteiger partial charge in [-0.25, -0.2) is 17.9 Å². The minimum atomic E-state index is -3.50. The van der Waals surface area contributed by atoms with E-state index in [1.54, 1.807) is 10.7 Å². The molecular weight excluding hydrogens is 476 g/mol. The molecule has 190 valence electrons. The minimum absolute atomic E-state index is 0.0134. The third-order valence-electron chi connectivity index (χ3n) is 6.25. The molecule has 4 heterocycles. The highest BCUT2D eigenvalue weighted by atomic mass is 32.2. The fraction of sp³-hybridized carbons (Fsp3) is 0.423. The Balaban J connectivity index is 1.28. The molecule has 0 amide bonds. The van der Waals surface area contributed by atoms with Crippen molar-refractivity contribution in [3.63, 3.8) is 0 Å². The Morgan fingerprint density at radius 3 is 2.58 bits per heavy atom. The molecule has 0 saturated carbocycles. The van der Waals surface area contributed by atoms with E-state index in [2.05, 4.69) is 15.0 Å². The summed E-state index contributed by atoms with van der Waals surface area (Å²) in [7, 11) is -3.50. The average molecular weight is 509 g/mol. The lowest BCUT2D eigenvalue weighted by molar-refractivity contribution is 0.238. The van der Waals surface area contributed by atoms with Crippen LogP contribution < -0.4 is 4.74 Å². The van der Waals surface area contributed by atoms with E-state index in [0.29, 0.717) is 30.1 Å².